The van der Waals surface area contributed by atoms with Crippen LogP contribution in [0.2, 0.25) is 0 Å². The van der Waals surface area contributed by atoms with Crippen molar-refractivity contribution in [3.63, 3.8) is 0 Å². The topological polar surface area (TPSA) is 55.6 Å². The van der Waals surface area contributed by atoms with Crippen molar-refractivity contribution in [2.45, 2.75) is 13.0 Å². The molecular formula is C17H20N2O2. The predicted octanol–water partition coefficient (Wildman–Crippen LogP) is 2.48. The number of nitrogens with zero attached hydrogens (tertiary/aromatic N) is 1. The van der Waals surface area contributed by atoms with Gasteiger partial charge in [-0.2, -0.15) is 0 Å². The largest absolute Gasteiger partial charge is 0.497 e. The maximum absolute atomic E-state index is 12.2. The normalized spacial score (nSPS) is 10.2. The number of hydrogen-bond acceptors (Lipinski definition) is 3. The summed E-state index contributed by atoms with van der Waals surface area (Å²) < 4.78 is 5.19. The highest BCUT2D eigenvalue weighted by Gasteiger charge is 2.10. The van der Waals surface area contributed by atoms with Gasteiger partial charge in [-0.25, -0.2) is 0 Å². The Hall–Kier alpha value is -2.49. The van der Waals surface area contributed by atoms with Crippen molar-refractivity contribution < 1.29 is 9.53 Å². The summed E-state index contributed by atoms with van der Waals surface area (Å²) in [6, 6.07) is 15.1. The quantitative estimate of drug-likeness (QED) is 0.858. The van der Waals surface area contributed by atoms with Crippen molar-refractivity contribution in [1.82, 2.24) is 4.90 Å². The van der Waals surface area contributed by atoms with Crippen LogP contribution in [-0.2, 0) is 17.8 Å². The number of benzene rings is 2. The number of carbonyl (C=O) groups excluding carboxylic acids is 1. The van der Waals surface area contributed by atoms with Crippen molar-refractivity contribution in [3.8, 4) is 5.75 Å². The molecule has 0 saturated carbocycles. The summed E-state index contributed by atoms with van der Waals surface area (Å²) in [6.45, 7) is 0.554. The molecule has 4 heteroatoms. The minimum atomic E-state index is 0.0587. The molecule has 2 aromatic carbocycles. The molecule has 0 saturated heterocycles. The SMILES string of the molecule is COc1cccc(CN(C)C(=O)Cc2cccc(N)c2)c1. The lowest BCUT2D eigenvalue weighted by Crippen LogP contribution is -2.27. The Bertz CT molecular complexity index is 626. The molecule has 0 aliphatic heterocycles. The van der Waals surface area contributed by atoms with Crippen LogP contribution in [0.1, 0.15) is 11.1 Å². The first-order chi connectivity index (χ1) is 10.1. The predicted molar refractivity (Wildman–Crippen MR) is 84.0 cm³/mol. The van der Waals surface area contributed by atoms with E-state index in [0.29, 0.717) is 18.7 Å². The zero-order chi connectivity index (χ0) is 15.2. The molecule has 0 radical (unpaired) electrons. The van der Waals surface area contributed by atoms with Crippen LogP contribution in [0.3, 0.4) is 0 Å². The smallest absolute Gasteiger partial charge is 0.227 e. The number of amides is 1. The van der Waals surface area contributed by atoms with E-state index in [1.807, 2.05) is 48.5 Å². The van der Waals surface area contributed by atoms with Gasteiger partial charge in [-0.05, 0) is 35.4 Å². The van der Waals surface area contributed by atoms with Gasteiger partial charge in [0.2, 0.25) is 5.91 Å². The number of likely N-dealkylation sites (N-methyl/N-ethyl adjacent to an activating group) is 1. The van der Waals surface area contributed by atoms with E-state index in [1.165, 1.54) is 0 Å². The number of hydrogen-bond donors (Lipinski definition) is 1. The van der Waals surface area contributed by atoms with Crippen LogP contribution in [0.5, 0.6) is 5.75 Å². The van der Waals surface area contributed by atoms with Crippen LogP contribution >= 0.6 is 0 Å². The van der Waals surface area contributed by atoms with E-state index in [-0.39, 0.29) is 5.91 Å². The van der Waals surface area contributed by atoms with Crippen LogP contribution < -0.4 is 10.5 Å². The molecule has 0 fully saturated rings. The molecule has 0 aromatic heterocycles. The molecule has 1 amide bonds. The molecule has 2 aromatic rings. The molecule has 0 heterocycles. The molecule has 0 atom stereocenters. The number of rotatable bonds is 5. The third-order valence-corrected chi connectivity index (χ3v) is 3.29. The highest BCUT2D eigenvalue weighted by Crippen LogP contribution is 2.15. The van der Waals surface area contributed by atoms with Crippen molar-refractivity contribution in [3.05, 3.63) is 59.7 Å². The summed E-state index contributed by atoms with van der Waals surface area (Å²) >= 11 is 0. The van der Waals surface area contributed by atoms with E-state index in [9.17, 15) is 4.79 Å². The van der Waals surface area contributed by atoms with Crippen LogP contribution in [0.25, 0.3) is 0 Å². The Balaban J connectivity index is 1.99. The van der Waals surface area contributed by atoms with Gasteiger partial charge in [0, 0.05) is 19.3 Å². The molecule has 2 rings (SSSR count). The lowest BCUT2D eigenvalue weighted by atomic mass is 10.1. The summed E-state index contributed by atoms with van der Waals surface area (Å²) in [4.78, 5) is 13.9. The summed E-state index contributed by atoms with van der Waals surface area (Å²) in [7, 11) is 3.43. The first-order valence-electron chi connectivity index (χ1n) is 6.80. The number of methoxy groups -OCH3 is 1. The second-order valence-electron chi connectivity index (χ2n) is 5.02. The van der Waals surface area contributed by atoms with Crippen LogP contribution in [-0.4, -0.2) is 25.0 Å². The van der Waals surface area contributed by atoms with Crippen molar-refractivity contribution >= 4 is 11.6 Å². The molecule has 0 aliphatic carbocycles. The lowest BCUT2D eigenvalue weighted by Gasteiger charge is -2.18. The maximum Gasteiger partial charge on any atom is 0.227 e. The van der Waals surface area contributed by atoms with E-state index in [4.69, 9.17) is 10.5 Å². The molecule has 0 aliphatic rings. The highest BCUT2D eigenvalue weighted by atomic mass is 16.5. The third-order valence-electron chi connectivity index (χ3n) is 3.29. The fourth-order valence-corrected chi connectivity index (χ4v) is 2.15. The molecule has 0 spiro atoms. The minimum absolute atomic E-state index is 0.0587. The van der Waals surface area contributed by atoms with Gasteiger partial charge in [0.25, 0.3) is 0 Å². The van der Waals surface area contributed by atoms with Gasteiger partial charge in [-0.1, -0.05) is 24.3 Å². The zero-order valence-electron chi connectivity index (χ0n) is 12.4. The van der Waals surface area contributed by atoms with E-state index in [1.54, 1.807) is 19.1 Å². The number of nitrogens with two attached hydrogens (primary N) is 1. The number of nitrogen functional groups attached to an aromatic ring is 1. The summed E-state index contributed by atoms with van der Waals surface area (Å²) in [5.74, 6) is 0.854. The van der Waals surface area contributed by atoms with Crippen molar-refractivity contribution in [1.29, 1.82) is 0 Å². The fourth-order valence-electron chi connectivity index (χ4n) is 2.15. The molecule has 2 N–H and O–H groups in total. The summed E-state index contributed by atoms with van der Waals surface area (Å²) in [5.41, 5.74) is 8.37. The average Bonchev–Trinajstić information content (AvgIpc) is 2.47. The molecule has 4 nitrogen and oxygen atoms in total. The first kappa shape index (κ1) is 14.9. The second-order valence-corrected chi connectivity index (χ2v) is 5.02. The Labute approximate surface area is 125 Å². The Morgan fingerprint density at radius 1 is 1.14 bits per heavy atom. The van der Waals surface area contributed by atoms with Gasteiger partial charge in [0.1, 0.15) is 5.75 Å². The van der Waals surface area contributed by atoms with E-state index in [0.717, 1.165) is 16.9 Å². The second kappa shape index (κ2) is 6.79. The standard InChI is InChI=1S/C17H20N2O2/c1-19(12-14-6-4-8-16(10-14)21-2)17(20)11-13-5-3-7-15(18)9-13/h3-10H,11-12,18H2,1-2H3. The molecular weight excluding hydrogens is 264 g/mol. The van der Waals surface area contributed by atoms with Gasteiger partial charge < -0.3 is 15.4 Å². The monoisotopic (exact) mass is 284 g/mol. The summed E-state index contributed by atoms with van der Waals surface area (Å²) in [5, 5.41) is 0. The van der Waals surface area contributed by atoms with Crippen LogP contribution in [0, 0.1) is 0 Å². The third kappa shape index (κ3) is 4.24. The fraction of sp³-hybridized carbons (Fsp3) is 0.235. The van der Waals surface area contributed by atoms with Crippen LogP contribution in [0.15, 0.2) is 48.5 Å². The molecule has 110 valence electrons. The van der Waals surface area contributed by atoms with E-state index in [2.05, 4.69) is 0 Å². The lowest BCUT2D eigenvalue weighted by molar-refractivity contribution is -0.129. The molecule has 0 bridgehead atoms. The van der Waals surface area contributed by atoms with Gasteiger partial charge in [0.05, 0.1) is 13.5 Å². The van der Waals surface area contributed by atoms with Gasteiger partial charge in [-0.15, -0.1) is 0 Å². The van der Waals surface area contributed by atoms with Gasteiger partial charge in [-0.3, -0.25) is 4.79 Å². The number of ether oxygens (including phenoxy) is 1. The van der Waals surface area contributed by atoms with Crippen LogP contribution in [0.4, 0.5) is 5.69 Å². The van der Waals surface area contributed by atoms with Crippen molar-refractivity contribution in [2.24, 2.45) is 0 Å². The number of carbonyl (C=O) groups is 1. The van der Waals surface area contributed by atoms with Gasteiger partial charge >= 0.3 is 0 Å². The Morgan fingerprint density at radius 3 is 2.57 bits per heavy atom. The minimum Gasteiger partial charge on any atom is -0.497 e. The molecule has 0 unspecified atom stereocenters. The Kier molecular flexibility index (Phi) is 4.82. The van der Waals surface area contributed by atoms with E-state index < -0.39 is 0 Å². The van der Waals surface area contributed by atoms with Crippen molar-refractivity contribution in [2.75, 3.05) is 19.9 Å². The maximum atomic E-state index is 12.2. The Morgan fingerprint density at radius 2 is 1.86 bits per heavy atom. The van der Waals surface area contributed by atoms with Gasteiger partial charge in [0.15, 0.2) is 0 Å². The number of anilines is 1. The molecule has 21 heavy (non-hydrogen) atoms. The van der Waals surface area contributed by atoms with E-state index >= 15 is 0 Å². The average molecular weight is 284 g/mol. The highest BCUT2D eigenvalue weighted by molar-refractivity contribution is 5.78. The first-order valence-corrected chi connectivity index (χ1v) is 6.80. The summed E-state index contributed by atoms with van der Waals surface area (Å²) in [6.07, 6.45) is 0.353. The zero-order valence-corrected chi connectivity index (χ0v) is 12.4.